The van der Waals surface area contributed by atoms with Gasteiger partial charge in [0.05, 0.1) is 29.3 Å². The van der Waals surface area contributed by atoms with Crippen LogP contribution in [-0.4, -0.2) is 34.2 Å². The highest BCUT2D eigenvalue weighted by Crippen LogP contribution is 2.24. The van der Waals surface area contributed by atoms with Gasteiger partial charge in [0.15, 0.2) is 0 Å². The van der Waals surface area contributed by atoms with E-state index in [0.717, 1.165) is 36.7 Å². The van der Waals surface area contributed by atoms with Crippen molar-refractivity contribution in [1.82, 2.24) is 20.5 Å². The molecule has 1 amide bonds. The second-order valence-corrected chi connectivity index (χ2v) is 6.26. The molecule has 1 saturated heterocycles. The van der Waals surface area contributed by atoms with Crippen molar-refractivity contribution in [3.63, 3.8) is 0 Å². The van der Waals surface area contributed by atoms with Crippen molar-refractivity contribution in [1.29, 1.82) is 0 Å². The number of nitrogens with one attached hydrogen (secondary N) is 4. The van der Waals surface area contributed by atoms with E-state index in [9.17, 15) is 4.79 Å². The van der Waals surface area contributed by atoms with Gasteiger partial charge in [-0.1, -0.05) is 18.2 Å². The molecule has 4 N–H and O–H groups in total. The Kier molecular flexibility index (Phi) is 4.61. The number of hydrogen-bond acceptors (Lipinski definition) is 5. The van der Waals surface area contributed by atoms with Gasteiger partial charge in [-0.25, -0.2) is 4.98 Å². The maximum atomic E-state index is 12.6. The molecular formula is C19H20N6O. The van der Waals surface area contributed by atoms with E-state index < -0.39 is 0 Å². The molecule has 4 rings (SSSR count). The normalized spacial score (nSPS) is 16.4. The van der Waals surface area contributed by atoms with Crippen molar-refractivity contribution in [2.24, 2.45) is 0 Å². The van der Waals surface area contributed by atoms with Crippen LogP contribution in [0.3, 0.4) is 0 Å². The molecule has 3 heterocycles. The fraction of sp³-hybridized carbons (Fsp3) is 0.211. The number of aromatic amines is 1. The molecule has 7 heteroatoms. The molecule has 0 spiro atoms. The number of carbonyl (C=O) groups is 1. The maximum absolute atomic E-state index is 12.6. The van der Waals surface area contributed by atoms with Crippen molar-refractivity contribution in [2.75, 3.05) is 23.7 Å². The summed E-state index contributed by atoms with van der Waals surface area (Å²) in [5.74, 6) is 0.843. The highest BCUT2D eigenvalue weighted by molar-refractivity contribution is 6.05. The van der Waals surface area contributed by atoms with E-state index in [2.05, 4.69) is 31.1 Å². The molecule has 1 aromatic carbocycles. The lowest BCUT2D eigenvalue weighted by atomic mass is 10.0. The largest absolute Gasteiger partial charge is 0.340 e. The molecule has 3 aromatic rings. The van der Waals surface area contributed by atoms with E-state index >= 15 is 0 Å². The van der Waals surface area contributed by atoms with Crippen molar-refractivity contribution >= 4 is 23.1 Å². The number of carbonyl (C=O) groups excluding carboxylic acids is 1. The lowest BCUT2D eigenvalue weighted by molar-refractivity contribution is 0.102. The Morgan fingerprint density at radius 3 is 2.69 bits per heavy atom. The molecule has 1 aliphatic rings. The first-order chi connectivity index (χ1) is 12.8. The number of H-pyrrole nitrogens is 1. The highest BCUT2D eigenvalue weighted by atomic mass is 16.1. The Labute approximate surface area is 151 Å². The summed E-state index contributed by atoms with van der Waals surface area (Å²) in [6.45, 7) is 1.83. The standard InChI is InChI=1S/C19H20N6O/c26-19(16-12-22-25-18(16)13-8-9-20-10-13)24-15-6-7-17(21-11-15)23-14-4-2-1-3-5-14/h1-7,11-13,20H,8-10H2,(H,21,23)(H,22,25)(H,24,26). The van der Waals surface area contributed by atoms with Crippen LogP contribution in [-0.2, 0) is 0 Å². The van der Waals surface area contributed by atoms with E-state index in [-0.39, 0.29) is 5.91 Å². The second kappa shape index (κ2) is 7.37. The van der Waals surface area contributed by atoms with E-state index in [1.165, 1.54) is 0 Å². The molecule has 1 atom stereocenters. The summed E-state index contributed by atoms with van der Waals surface area (Å²) in [7, 11) is 0. The number of anilines is 3. The van der Waals surface area contributed by atoms with Gasteiger partial charge in [-0.15, -0.1) is 0 Å². The molecule has 1 fully saturated rings. The molecule has 0 saturated carbocycles. The fourth-order valence-electron chi connectivity index (χ4n) is 3.10. The van der Waals surface area contributed by atoms with Gasteiger partial charge in [-0.3, -0.25) is 9.89 Å². The van der Waals surface area contributed by atoms with Crippen LogP contribution in [0, 0.1) is 0 Å². The number of pyridine rings is 1. The zero-order valence-corrected chi connectivity index (χ0v) is 14.2. The van der Waals surface area contributed by atoms with Gasteiger partial charge in [-0.2, -0.15) is 5.10 Å². The van der Waals surface area contributed by atoms with Gasteiger partial charge in [0.25, 0.3) is 5.91 Å². The number of para-hydroxylation sites is 1. The Hall–Kier alpha value is -3.19. The number of nitrogens with zero attached hydrogens (tertiary/aromatic N) is 2. The van der Waals surface area contributed by atoms with Gasteiger partial charge < -0.3 is 16.0 Å². The van der Waals surface area contributed by atoms with Gasteiger partial charge in [0.1, 0.15) is 5.82 Å². The fourth-order valence-corrected chi connectivity index (χ4v) is 3.10. The molecule has 132 valence electrons. The lowest BCUT2D eigenvalue weighted by Crippen LogP contribution is -2.16. The Morgan fingerprint density at radius 1 is 1.08 bits per heavy atom. The molecule has 0 bridgehead atoms. The van der Waals surface area contributed by atoms with Crippen molar-refractivity contribution in [3.8, 4) is 0 Å². The van der Waals surface area contributed by atoms with Crippen molar-refractivity contribution in [3.05, 3.63) is 66.1 Å². The van der Waals surface area contributed by atoms with Crippen molar-refractivity contribution in [2.45, 2.75) is 12.3 Å². The average Bonchev–Trinajstić information content (AvgIpc) is 3.35. The minimum atomic E-state index is -0.175. The Morgan fingerprint density at radius 2 is 1.96 bits per heavy atom. The summed E-state index contributed by atoms with van der Waals surface area (Å²) >= 11 is 0. The van der Waals surface area contributed by atoms with Crippen LogP contribution < -0.4 is 16.0 Å². The van der Waals surface area contributed by atoms with Gasteiger partial charge >= 0.3 is 0 Å². The SMILES string of the molecule is O=C(Nc1ccc(Nc2ccccc2)nc1)c1cn[nH]c1C1CCNC1. The van der Waals surface area contributed by atoms with Gasteiger partial charge in [-0.05, 0) is 37.2 Å². The lowest BCUT2D eigenvalue weighted by Gasteiger charge is -2.10. The molecular weight excluding hydrogens is 328 g/mol. The smallest absolute Gasteiger partial charge is 0.259 e. The predicted molar refractivity (Wildman–Crippen MR) is 101 cm³/mol. The molecule has 2 aromatic heterocycles. The number of benzene rings is 1. The molecule has 7 nitrogen and oxygen atoms in total. The van der Waals surface area contributed by atoms with Crippen LogP contribution in [0.15, 0.2) is 54.9 Å². The predicted octanol–water partition coefficient (Wildman–Crippen LogP) is 2.88. The number of amides is 1. The molecule has 26 heavy (non-hydrogen) atoms. The highest BCUT2D eigenvalue weighted by Gasteiger charge is 2.24. The summed E-state index contributed by atoms with van der Waals surface area (Å²) in [4.78, 5) is 16.9. The minimum absolute atomic E-state index is 0.175. The molecule has 1 unspecified atom stereocenters. The van der Waals surface area contributed by atoms with E-state index in [1.54, 1.807) is 12.4 Å². The average molecular weight is 348 g/mol. The maximum Gasteiger partial charge on any atom is 0.259 e. The number of rotatable bonds is 5. The Bertz CT molecular complexity index is 869. The number of aromatic nitrogens is 3. The zero-order chi connectivity index (χ0) is 17.8. The quantitative estimate of drug-likeness (QED) is 0.569. The summed E-state index contributed by atoms with van der Waals surface area (Å²) in [6, 6.07) is 13.5. The first-order valence-electron chi connectivity index (χ1n) is 8.63. The molecule has 0 aliphatic carbocycles. The summed E-state index contributed by atoms with van der Waals surface area (Å²) in [5, 5.41) is 16.4. The van der Waals surface area contributed by atoms with Crippen LogP contribution in [0.5, 0.6) is 0 Å². The monoisotopic (exact) mass is 348 g/mol. The molecule has 0 radical (unpaired) electrons. The third kappa shape index (κ3) is 3.57. The summed E-state index contributed by atoms with van der Waals surface area (Å²) in [5.41, 5.74) is 3.09. The topological polar surface area (TPSA) is 94.7 Å². The number of hydrogen-bond donors (Lipinski definition) is 4. The van der Waals surface area contributed by atoms with Gasteiger partial charge in [0, 0.05) is 18.2 Å². The van der Waals surface area contributed by atoms with Crippen LogP contribution in [0.2, 0.25) is 0 Å². The van der Waals surface area contributed by atoms with E-state index in [1.807, 2.05) is 42.5 Å². The van der Waals surface area contributed by atoms with Gasteiger partial charge in [0.2, 0.25) is 0 Å². The summed E-state index contributed by atoms with van der Waals surface area (Å²) < 4.78 is 0. The third-order valence-corrected chi connectivity index (χ3v) is 4.45. The first-order valence-corrected chi connectivity index (χ1v) is 8.63. The minimum Gasteiger partial charge on any atom is -0.340 e. The summed E-state index contributed by atoms with van der Waals surface area (Å²) in [6.07, 6.45) is 4.23. The Balaban J connectivity index is 1.43. The van der Waals surface area contributed by atoms with Crippen LogP contribution in [0.25, 0.3) is 0 Å². The zero-order valence-electron chi connectivity index (χ0n) is 14.2. The van der Waals surface area contributed by atoms with Crippen molar-refractivity contribution < 1.29 is 4.79 Å². The van der Waals surface area contributed by atoms with Crippen LogP contribution >= 0.6 is 0 Å². The first kappa shape index (κ1) is 16.3. The van der Waals surface area contributed by atoms with E-state index in [4.69, 9.17) is 0 Å². The molecule has 1 aliphatic heterocycles. The second-order valence-electron chi connectivity index (χ2n) is 6.26. The van der Waals surface area contributed by atoms with E-state index in [0.29, 0.717) is 17.2 Å². The van der Waals surface area contributed by atoms with Crippen LogP contribution in [0.4, 0.5) is 17.2 Å². The van der Waals surface area contributed by atoms with Crippen LogP contribution in [0.1, 0.15) is 28.4 Å². The third-order valence-electron chi connectivity index (χ3n) is 4.45.